The quantitative estimate of drug-likeness (QED) is 0.0615. The van der Waals surface area contributed by atoms with Gasteiger partial charge in [0.05, 0.1) is 29.7 Å². The van der Waals surface area contributed by atoms with Gasteiger partial charge >= 0.3 is 0 Å². The molecule has 4 unspecified atom stereocenters. The molecule has 0 saturated carbocycles. The minimum atomic E-state index is -1.08. The van der Waals surface area contributed by atoms with E-state index < -0.39 is 6.17 Å². The van der Waals surface area contributed by atoms with Crippen LogP contribution >= 0.6 is 0 Å². The highest BCUT2D eigenvalue weighted by Crippen LogP contribution is 2.35. The molecule has 0 aliphatic carbocycles. The second-order valence-electron chi connectivity index (χ2n) is 17.4. The van der Waals surface area contributed by atoms with Crippen molar-refractivity contribution in [3.63, 3.8) is 0 Å². The molecular formula is C47H61FN10O5. The van der Waals surface area contributed by atoms with Crippen molar-refractivity contribution >= 4 is 40.6 Å². The zero-order valence-electron chi connectivity index (χ0n) is 36.6. The number of rotatable bonds is 13. The molecule has 3 amide bonds. The summed E-state index contributed by atoms with van der Waals surface area (Å²) >= 11 is 0. The fourth-order valence-electron chi connectivity index (χ4n) is 9.41. The SMILES string of the molecule is Cc1cc(C2CN(C(/C=C(\N)c3ccccc3O)=C(N)N)CC(C)O2)c(C)cc1C(=O)N1CCC(CN2CCC(n3cc(C)c4cc(NC(=O)CCNC=O)cnc43)C(F)C2)CC1. The number of benzene rings is 2. The summed E-state index contributed by atoms with van der Waals surface area (Å²) in [5.74, 6) is 0.312. The van der Waals surface area contributed by atoms with E-state index in [-0.39, 0.29) is 54.6 Å². The molecule has 3 aliphatic rings. The number of hydrogen-bond donors (Lipinski definition) is 6. The normalized spacial score (nSPS) is 21.3. The first-order valence-electron chi connectivity index (χ1n) is 21.8. The van der Waals surface area contributed by atoms with E-state index in [1.54, 1.807) is 36.5 Å². The number of para-hydroxylation sites is 1. The molecule has 9 N–H and O–H groups in total. The minimum absolute atomic E-state index is 0.0138. The van der Waals surface area contributed by atoms with Crippen LogP contribution in [-0.2, 0) is 14.3 Å². The van der Waals surface area contributed by atoms with Crippen molar-refractivity contribution in [2.45, 2.75) is 77.8 Å². The van der Waals surface area contributed by atoms with Gasteiger partial charge in [-0.25, -0.2) is 9.37 Å². The monoisotopic (exact) mass is 864 g/mol. The van der Waals surface area contributed by atoms with E-state index in [1.807, 2.05) is 55.5 Å². The number of morpholine rings is 1. The van der Waals surface area contributed by atoms with Crippen LogP contribution in [0, 0.1) is 26.7 Å². The minimum Gasteiger partial charge on any atom is -0.507 e. The second-order valence-corrected chi connectivity index (χ2v) is 17.4. The van der Waals surface area contributed by atoms with Crippen LogP contribution in [0.5, 0.6) is 5.75 Å². The van der Waals surface area contributed by atoms with Crippen LogP contribution in [0.4, 0.5) is 10.1 Å². The Morgan fingerprint density at radius 2 is 1.71 bits per heavy atom. The Balaban J connectivity index is 0.930. The van der Waals surface area contributed by atoms with Crippen LogP contribution in [-0.4, -0.2) is 112 Å². The Labute approximate surface area is 368 Å². The van der Waals surface area contributed by atoms with Gasteiger partial charge in [-0.1, -0.05) is 18.2 Å². The lowest BCUT2D eigenvalue weighted by molar-refractivity contribution is -0.116. The summed E-state index contributed by atoms with van der Waals surface area (Å²) in [6, 6.07) is 12.4. The van der Waals surface area contributed by atoms with Crippen LogP contribution in [0.1, 0.15) is 82.9 Å². The first kappa shape index (κ1) is 44.9. The molecule has 3 saturated heterocycles. The maximum Gasteiger partial charge on any atom is 0.254 e. The number of nitrogens with two attached hydrogens (primary N) is 3. The standard InChI is InChI=1S/C47H61FN10O5/c1-28-18-37(29(2)17-35(28)43-26-57(23-31(4)63-43)41(45(50)51)20-39(49)34-7-5-6-8-42(34)60)47(62)56-15-10-32(11-16-56)24-55-14-12-40(38(48)25-55)58-22-30(3)36-19-33(21-53-46(36)58)54-44(61)9-13-52-27-59/h5-8,17-22,27,31-32,38,40,43,60H,9-16,23-26,49-51H2,1-4H3,(H,52,59)(H,54,61)/b39-20-. The summed E-state index contributed by atoms with van der Waals surface area (Å²) in [5.41, 5.74) is 25.9. The van der Waals surface area contributed by atoms with E-state index >= 15 is 4.39 Å². The van der Waals surface area contributed by atoms with Crippen molar-refractivity contribution in [2.24, 2.45) is 23.1 Å². The molecule has 0 radical (unpaired) electrons. The summed E-state index contributed by atoms with van der Waals surface area (Å²) in [6.45, 7) is 12.3. The predicted molar refractivity (Wildman–Crippen MR) is 242 cm³/mol. The number of likely N-dealkylation sites (tertiary alicyclic amines) is 2. The lowest BCUT2D eigenvalue weighted by atomic mass is 9.92. The fraction of sp³-hybridized carbons (Fsp3) is 0.447. The molecular weight excluding hydrogens is 804 g/mol. The lowest BCUT2D eigenvalue weighted by Gasteiger charge is -2.40. The van der Waals surface area contributed by atoms with Gasteiger partial charge in [-0.3, -0.25) is 14.4 Å². The van der Waals surface area contributed by atoms with Gasteiger partial charge in [0.1, 0.15) is 29.5 Å². The number of anilines is 1. The Morgan fingerprint density at radius 1 is 0.952 bits per heavy atom. The first-order chi connectivity index (χ1) is 30.2. The number of nitrogens with one attached hydrogen (secondary N) is 2. The highest BCUT2D eigenvalue weighted by molar-refractivity contribution is 5.96. The molecule has 5 heterocycles. The average Bonchev–Trinajstić information content (AvgIpc) is 3.57. The van der Waals surface area contributed by atoms with Gasteiger partial charge in [-0.05, 0) is 105 Å². The van der Waals surface area contributed by atoms with Crippen molar-refractivity contribution in [2.75, 3.05) is 57.7 Å². The number of carbonyl (C=O) groups excluding carboxylic acids is 3. The third-order valence-corrected chi connectivity index (χ3v) is 12.7. The van der Waals surface area contributed by atoms with Crippen molar-refractivity contribution < 1.29 is 28.6 Å². The molecule has 0 bridgehead atoms. The van der Waals surface area contributed by atoms with Gasteiger partial charge in [0.15, 0.2) is 0 Å². The van der Waals surface area contributed by atoms with Gasteiger partial charge in [0, 0.05) is 87.2 Å². The van der Waals surface area contributed by atoms with Crippen LogP contribution in [0.25, 0.3) is 16.7 Å². The van der Waals surface area contributed by atoms with Crippen LogP contribution in [0.2, 0.25) is 0 Å². The number of carbonyl (C=O) groups is 3. The zero-order valence-corrected chi connectivity index (χ0v) is 36.6. The third-order valence-electron chi connectivity index (χ3n) is 12.7. The predicted octanol–water partition coefficient (Wildman–Crippen LogP) is 4.73. The van der Waals surface area contributed by atoms with E-state index in [0.29, 0.717) is 85.3 Å². The first-order valence-corrected chi connectivity index (χ1v) is 21.8. The number of halogens is 1. The molecule has 0 spiro atoms. The summed E-state index contributed by atoms with van der Waals surface area (Å²) < 4.78 is 24.4. The molecule has 16 heteroatoms. The number of aromatic nitrogens is 2. The van der Waals surface area contributed by atoms with E-state index in [1.165, 1.54) is 0 Å². The maximum absolute atomic E-state index is 16.0. The molecule has 336 valence electrons. The van der Waals surface area contributed by atoms with E-state index in [2.05, 4.69) is 31.5 Å². The molecule has 2 aromatic carbocycles. The Hall–Kier alpha value is -6.13. The maximum atomic E-state index is 16.0. The van der Waals surface area contributed by atoms with E-state index in [0.717, 1.165) is 53.6 Å². The smallest absolute Gasteiger partial charge is 0.254 e. The Kier molecular flexibility index (Phi) is 13.9. The van der Waals surface area contributed by atoms with Crippen molar-refractivity contribution in [1.29, 1.82) is 0 Å². The van der Waals surface area contributed by atoms with E-state index in [9.17, 15) is 19.5 Å². The fourth-order valence-corrected chi connectivity index (χ4v) is 9.41. The number of piperidine rings is 2. The number of pyridine rings is 1. The third kappa shape index (κ3) is 10.2. The molecule has 7 rings (SSSR count). The van der Waals surface area contributed by atoms with Gasteiger partial charge in [0.25, 0.3) is 5.91 Å². The number of phenolic OH excluding ortho intramolecular Hbond substituents is 1. The van der Waals surface area contributed by atoms with Crippen molar-refractivity contribution in [1.82, 2.24) is 29.6 Å². The van der Waals surface area contributed by atoms with Gasteiger partial charge in [-0.2, -0.15) is 0 Å². The van der Waals surface area contributed by atoms with Crippen LogP contribution in [0.3, 0.4) is 0 Å². The van der Waals surface area contributed by atoms with Gasteiger partial charge in [-0.15, -0.1) is 0 Å². The van der Waals surface area contributed by atoms with Gasteiger partial charge in [0.2, 0.25) is 12.3 Å². The summed E-state index contributed by atoms with van der Waals surface area (Å²) in [4.78, 5) is 47.6. The average molecular weight is 865 g/mol. The second kappa shape index (κ2) is 19.5. The highest BCUT2D eigenvalue weighted by Gasteiger charge is 2.35. The van der Waals surface area contributed by atoms with Crippen LogP contribution in [0.15, 0.2) is 72.5 Å². The molecule has 3 aliphatic heterocycles. The Morgan fingerprint density at radius 3 is 2.43 bits per heavy atom. The number of ether oxygens (including phenoxy) is 1. The summed E-state index contributed by atoms with van der Waals surface area (Å²) in [7, 11) is 0. The highest BCUT2D eigenvalue weighted by atomic mass is 19.1. The number of aromatic hydroxyl groups is 1. The van der Waals surface area contributed by atoms with Crippen molar-refractivity contribution in [3.8, 4) is 5.75 Å². The van der Waals surface area contributed by atoms with Crippen molar-refractivity contribution in [3.05, 3.63) is 106 Å². The number of allylic oxidation sites excluding steroid dienone is 1. The zero-order chi connectivity index (χ0) is 44.9. The molecule has 4 aromatic rings. The summed E-state index contributed by atoms with van der Waals surface area (Å²) in [6.07, 6.45) is 6.73. The van der Waals surface area contributed by atoms with Gasteiger partial charge < -0.3 is 56.9 Å². The largest absolute Gasteiger partial charge is 0.507 e. The summed E-state index contributed by atoms with van der Waals surface area (Å²) in [5, 5.41) is 16.5. The number of nitrogens with zero attached hydrogens (tertiary/aromatic N) is 5. The molecule has 63 heavy (non-hydrogen) atoms. The number of hydrogen-bond acceptors (Lipinski definition) is 11. The Bertz CT molecular complexity index is 2390. The molecule has 15 nitrogen and oxygen atoms in total. The van der Waals surface area contributed by atoms with Crippen LogP contribution < -0.4 is 27.8 Å². The molecule has 2 aromatic heterocycles. The number of fused-ring (bicyclic) bond motifs is 1. The number of alkyl halides is 1. The molecule has 3 fully saturated rings. The number of aryl methyl sites for hydroxylation is 3. The number of phenols is 1. The number of amides is 3. The molecule has 4 atom stereocenters. The van der Waals surface area contributed by atoms with E-state index in [4.69, 9.17) is 21.9 Å². The topological polar surface area (TPSA) is 210 Å². The lowest BCUT2D eigenvalue weighted by Crippen LogP contribution is -2.46.